The van der Waals surface area contributed by atoms with Crippen LogP contribution in [0, 0.1) is 5.92 Å². The summed E-state index contributed by atoms with van der Waals surface area (Å²) in [5.41, 5.74) is 3.30. The van der Waals surface area contributed by atoms with Crippen molar-refractivity contribution in [2.45, 2.75) is 32.1 Å². The number of hydrogen-bond acceptors (Lipinski definition) is 2. The van der Waals surface area contributed by atoms with E-state index in [1.165, 1.54) is 0 Å². The predicted octanol–water partition coefficient (Wildman–Crippen LogP) is 5.25. The Morgan fingerprint density at radius 2 is 0.893 bits per heavy atom. The van der Waals surface area contributed by atoms with Crippen LogP contribution in [-0.2, 0) is 28.9 Å². The van der Waals surface area contributed by atoms with Crippen LogP contribution in [0.4, 0.5) is 0 Å². The van der Waals surface area contributed by atoms with Crippen molar-refractivity contribution >= 4 is 11.6 Å². The van der Waals surface area contributed by atoms with Crippen LogP contribution in [0.25, 0.3) is 0 Å². The van der Waals surface area contributed by atoms with Gasteiger partial charge in [0.25, 0.3) is 0 Å². The standard InChI is InChI=1S/C26H26O2/c27-25(18-16-21-10-4-1-5-11-21)24(20-23-14-8-3-9-15-23)26(28)19-17-22-12-6-2-7-13-22/h1-15,24H,16-20H2. The van der Waals surface area contributed by atoms with Crippen molar-refractivity contribution in [3.8, 4) is 0 Å². The largest absolute Gasteiger partial charge is 0.299 e. The highest BCUT2D eigenvalue weighted by molar-refractivity contribution is 6.02. The summed E-state index contributed by atoms with van der Waals surface area (Å²) >= 11 is 0. The molecule has 0 N–H and O–H groups in total. The highest BCUT2D eigenvalue weighted by Crippen LogP contribution is 2.17. The second-order valence-corrected chi connectivity index (χ2v) is 7.15. The molecule has 0 amide bonds. The summed E-state index contributed by atoms with van der Waals surface area (Å²) < 4.78 is 0. The van der Waals surface area contributed by atoms with Gasteiger partial charge in [0.15, 0.2) is 0 Å². The SMILES string of the molecule is O=C(CCc1ccccc1)C(Cc1ccccc1)C(=O)CCc1ccccc1. The normalized spacial score (nSPS) is 10.8. The molecule has 0 aromatic heterocycles. The highest BCUT2D eigenvalue weighted by atomic mass is 16.1. The quantitative estimate of drug-likeness (QED) is 0.457. The fraction of sp³-hybridized carbons (Fsp3) is 0.231. The van der Waals surface area contributed by atoms with Gasteiger partial charge in [0.1, 0.15) is 11.6 Å². The minimum atomic E-state index is -0.560. The third kappa shape index (κ3) is 6.02. The summed E-state index contributed by atoms with van der Waals surface area (Å²) in [6.07, 6.45) is 2.65. The Bertz CT molecular complexity index is 815. The molecule has 3 aromatic carbocycles. The number of Topliss-reactive ketones (excluding diaryl/α,β-unsaturated/α-hetero) is 2. The Morgan fingerprint density at radius 1 is 0.536 bits per heavy atom. The molecule has 0 heterocycles. The second kappa shape index (κ2) is 10.4. The summed E-state index contributed by atoms with van der Waals surface area (Å²) in [4.78, 5) is 25.9. The fourth-order valence-corrected chi connectivity index (χ4v) is 3.43. The molecule has 0 atom stereocenters. The summed E-state index contributed by atoms with van der Waals surface area (Å²) in [6.45, 7) is 0. The lowest BCUT2D eigenvalue weighted by Crippen LogP contribution is -2.27. The zero-order valence-electron chi connectivity index (χ0n) is 16.1. The van der Waals surface area contributed by atoms with Crippen LogP contribution in [0.2, 0.25) is 0 Å². The van der Waals surface area contributed by atoms with Gasteiger partial charge in [-0.3, -0.25) is 9.59 Å². The smallest absolute Gasteiger partial charge is 0.144 e. The monoisotopic (exact) mass is 370 g/mol. The lowest BCUT2D eigenvalue weighted by atomic mass is 9.86. The first-order valence-electron chi connectivity index (χ1n) is 9.89. The second-order valence-electron chi connectivity index (χ2n) is 7.15. The third-order valence-corrected chi connectivity index (χ3v) is 5.07. The Hall–Kier alpha value is -3.00. The Kier molecular flexibility index (Phi) is 7.31. The number of carbonyl (C=O) groups excluding carboxylic acids is 2. The molecule has 0 unspecified atom stereocenters. The van der Waals surface area contributed by atoms with Gasteiger partial charge < -0.3 is 0 Å². The lowest BCUT2D eigenvalue weighted by molar-refractivity contribution is -0.132. The maximum absolute atomic E-state index is 13.0. The van der Waals surface area contributed by atoms with Gasteiger partial charge in [-0.1, -0.05) is 91.0 Å². The van der Waals surface area contributed by atoms with Crippen molar-refractivity contribution in [3.63, 3.8) is 0 Å². The average molecular weight is 370 g/mol. The van der Waals surface area contributed by atoms with Gasteiger partial charge in [-0.15, -0.1) is 0 Å². The van der Waals surface area contributed by atoms with Crippen molar-refractivity contribution in [2.24, 2.45) is 5.92 Å². The van der Waals surface area contributed by atoms with E-state index >= 15 is 0 Å². The zero-order valence-corrected chi connectivity index (χ0v) is 16.1. The van der Waals surface area contributed by atoms with Crippen molar-refractivity contribution in [1.82, 2.24) is 0 Å². The number of ketones is 2. The minimum Gasteiger partial charge on any atom is -0.299 e. The summed E-state index contributed by atoms with van der Waals surface area (Å²) in [5, 5.41) is 0. The van der Waals surface area contributed by atoms with Gasteiger partial charge in [-0.25, -0.2) is 0 Å². The Balaban J connectivity index is 1.66. The van der Waals surface area contributed by atoms with E-state index in [4.69, 9.17) is 0 Å². The molecular weight excluding hydrogens is 344 g/mol. The summed E-state index contributed by atoms with van der Waals surface area (Å²) in [5.74, 6) is -0.466. The van der Waals surface area contributed by atoms with E-state index in [-0.39, 0.29) is 11.6 Å². The molecule has 0 aliphatic rings. The van der Waals surface area contributed by atoms with Gasteiger partial charge in [0.2, 0.25) is 0 Å². The molecule has 2 heteroatoms. The average Bonchev–Trinajstić information content (AvgIpc) is 2.76. The summed E-state index contributed by atoms with van der Waals surface area (Å²) in [6, 6.07) is 29.8. The molecule has 3 aromatic rings. The number of hydrogen-bond donors (Lipinski definition) is 0. The van der Waals surface area contributed by atoms with E-state index in [0.29, 0.717) is 32.1 Å². The molecule has 28 heavy (non-hydrogen) atoms. The van der Waals surface area contributed by atoms with Gasteiger partial charge in [-0.05, 0) is 36.0 Å². The van der Waals surface area contributed by atoms with Gasteiger partial charge in [0, 0.05) is 12.8 Å². The van der Waals surface area contributed by atoms with Crippen molar-refractivity contribution in [1.29, 1.82) is 0 Å². The molecule has 0 spiro atoms. The number of rotatable bonds is 10. The zero-order chi connectivity index (χ0) is 19.6. The van der Waals surface area contributed by atoms with Crippen molar-refractivity contribution in [3.05, 3.63) is 108 Å². The topological polar surface area (TPSA) is 34.1 Å². The lowest BCUT2D eigenvalue weighted by Gasteiger charge is -2.15. The van der Waals surface area contributed by atoms with Gasteiger partial charge >= 0.3 is 0 Å². The highest BCUT2D eigenvalue weighted by Gasteiger charge is 2.26. The van der Waals surface area contributed by atoms with Crippen molar-refractivity contribution in [2.75, 3.05) is 0 Å². The molecule has 0 radical (unpaired) electrons. The molecule has 0 saturated heterocycles. The van der Waals surface area contributed by atoms with Crippen LogP contribution in [-0.4, -0.2) is 11.6 Å². The molecular formula is C26H26O2. The first-order chi connectivity index (χ1) is 13.7. The van der Waals surface area contributed by atoms with Crippen molar-refractivity contribution < 1.29 is 9.59 Å². The van der Waals surface area contributed by atoms with E-state index in [1.807, 2.05) is 91.0 Å². The first kappa shape index (κ1) is 19.8. The maximum atomic E-state index is 13.0. The first-order valence-corrected chi connectivity index (χ1v) is 9.89. The third-order valence-electron chi connectivity index (χ3n) is 5.07. The molecule has 0 fully saturated rings. The van der Waals surface area contributed by atoms with Gasteiger partial charge in [0.05, 0.1) is 5.92 Å². The molecule has 3 rings (SSSR count). The predicted molar refractivity (Wildman–Crippen MR) is 113 cm³/mol. The molecule has 0 aliphatic heterocycles. The molecule has 0 bridgehead atoms. The number of carbonyl (C=O) groups is 2. The van der Waals surface area contributed by atoms with E-state index in [9.17, 15) is 9.59 Å². The Labute approximate surface area is 167 Å². The molecule has 2 nitrogen and oxygen atoms in total. The van der Waals surface area contributed by atoms with Crippen LogP contribution < -0.4 is 0 Å². The number of benzene rings is 3. The van der Waals surface area contributed by atoms with E-state index in [0.717, 1.165) is 16.7 Å². The molecule has 0 saturated carbocycles. The molecule has 142 valence electrons. The van der Waals surface area contributed by atoms with Crippen LogP contribution >= 0.6 is 0 Å². The summed E-state index contributed by atoms with van der Waals surface area (Å²) in [7, 11) is 0. The molecule has 0 aliphatic carbocycles. The van der Waals surface area contributed by atoms with Gasteiger partial charge in [-0.2, -0.15) is 0 Å². The Morgan fingerprint density at radius 3 is 1.29 bits per heavy atom. The van der Waals surface area contributed by atoms with Crippen LogP contribution in [0.15, 0.2) is 91.0 Å². The van der Waals surface area contributed by atoms with Crippen LogP contribution in [0.3, 0.4) is 0 Å². The fourth-order valence-electron chi connectivity index (χ4n) is 3.43. The van der Waals surface area contributed by atoms with E-state index < -0.39 is 5.92 Å². The van der Waals surface area contributed by atoms with Crippen LogP contribution in [0.1, 0.15) is 29.5 Å². The van der Waals surface area contributed by atoms with E-state index in [2.05, 4.69) is 0 Å². The minimum absolute atomic E-state index is 0.0470. The van der Waals surface area contributed by atoms with E-state index in [1.54, 1.807) is 0 Å². The number of aryl methyl sites for hydroxylation is 2. The maximum Gasteiger partial charge on any atom is 0.144 e. The van der Waals surface area contributed by atoms with Crippen LogP contribution in [0.5, 0.6) is 0 Å².